The number of hydrogen-bond acceptors (Lipinski definition) is 8. The molecular formula is C10H17N5O3S2. The summed E-state index contributed by atoms with van der Waals surface area (Å²) in [5, 5.41) is 7.19. The van der Waals surface area contributed by atoms with Crippen LogP contribution in [0.5, 0.6) is 0 Å². The van der Waals surface area contributed by atoms with Crippen molar-refractivity contribution in [2.24, 2.45) is 0 Å². The van der Waals surface area contributed by atoms with Crippen LogP contribution in [0, 0.1) is 0 Å². The molecule has 0 spiro atoms. The van der Waals surface area contributed by atoms with Crippen LogP contribution in [-0.2, 0) is 14.8 Å². The summed E-state index contributed by atoms with van der Waals surface area (Å²) < 4.78 is 32.1. The zero-order chi connectivity index (χ0) is 14.2. The van der Waals surface area contributed by atoms with Gasteiger partial charge in [0.25, 0.3) is 10.0 Å². The number of nitrogens with zero attached hydrogens (tertiary/aromatic N) is 3. The minimum Gasteiger partial charge on any atom is -0.374 e. The monoisotopic (exact) mass is 319 g/mol. The number of nitrogen functional groups attached to an aromatic ring is 1. The third-order valence-corrected chi connectivity index (χ3v) is 6.16. The van der Waals surface area contributed by atoms with Crippen molar-refractivity contribution in [2.75, 3.05) is 32.0 Å². The van der Waals surface area contributed by atoms with E-state index in [0.29, 0.717) is 12.6 Å². The maximum Gasteiger partial charge on any atom is 0.269 e. The minimum absolute atomic E-state index is 0.107. The lowest BCUT2D eigenvalue weighted by atomic mass is 10.2. The number of fused-ring (bicyclic) bond motifs is 1. The highest BCUT2D eigenvalue weighted by molar-refractivity contribution is 7.91. The molecule has 0 amide bonds. The minimum atomic E-state index is -3.64. The molecule has 1 aromatic heterocycles. The van der Waals surface area contributed by atoms with E-state index in [2.05, 4.69) is 19.8 Å². The van der Waals surface area contributed by atoms with Crippen LogP contribution >= 0.6 is 11.3 Å². The number of aromatic nitrogens is 2. The first kappa shape index (κ1) is 14.1. The number of nitrogens with two attached hydrogens (primary N) is 1. The third kappa shape index (κ3) is 2.93. The average molecular weight is 319 g/mol. The van der Waals surface area contributed by atoms with Gasteiger partial charge in [-0.2, -0.15) is 0 Å². The smallest absolute Gasteiger partial charge is 0.269 e. The third-order valence-electron chi connectivity index (χ3n) is 3.61. The summed E-state index contributed by atoms with van der Waals surface area (Å²) in [6.45, 7) is 2.76. The van der Waals surface area contributed by atoms with Gasteiger partial charge in [-0.05, 0) is 19.4 Å². The molecule has 3 N–H and O–H groups in total. The van der Waals surface area contributed by atoms with Crippen LogP contribution in [0.2, 0.25) is 0 Å². The molecule has 0 aromatic carbocycles. The fraction of sp³-hybridized carbons (Fsp3) is 0.800. The summed E-state index contributed by atoms with van der Waals surface area (Å²) in [5.74, 6) is 0. The van der Waals surface area contributed by atoms with Gasteiger partial charge in [0.15, 0.2) is 0 Å². The van der Waals surface area contributed by atoms with Crippen LogP contribution < -0.4 is 10.5 Å². The number of morpholine rings is 1. The van der Waals surface area contributed by atoms with Gasteiger partial charge in [0.2, 0.25) is 9.47 Å². The second-order valence-corrected chi connectivity index (χ2v) is 7.95. The molecule has 2 fully saturated rings. The van der Waals surface area contributed by atoms with Crippen LogP contribution in [0.25, 0.3) is 0 Å². The van der Waals surface area contributed by atoms with E-state index in [0.717, 1.165) is 24.4 Å². The Labute approximate surface area is 121 Å². The average Bonchev–Trinajstić information content (AvgIpc) is 3.04. The van der Waals surface area contributed by atoms with Crippen LogP contribution in [0.1, 0.15) is 12.8 Å². The molecule has 3 rings (SSSR count). The Morgan fingerprint density at radius 2 is 2.35 bits per heavy atom. The molecule has 10 heteroatoms. The van der Waals surface area contributed by atoms with Gasteiger partial charge in [-0.1, -0.05) is 11.3 Å². The Kier molecular flexibility index (Phi) is 3.91. The number of nitrogens with one attached hydrogen (secondary N) is 1. The maximum atomic E-state index is 12.0. The normalized spacial score (nSPS) is 27.6. The van der Waals surface area contributed by atoms with Crippen molar-refractivity contribution < 1.29 is 13.2 Å². The Balaban J connectivity index is 1.56. The van der Waals surface area contributed by atoms with E-state index in [1.807, 2.05) is 0 Å². The highest BCUT2D eigenvalue weighted by atomic mass is 32.2. The van der Waals surface area contributed by atoms with Crippen molar-refractivity contribution in [3.8, 4) is 0 Å². The molecule has 20 heavy (non-hydrogen) atoms. The van der Waals surface area contributed by atoms with Gasteiger partial charge in [-0.25, -0.2) is 13.1 Å². The Morgan fingerprint density at radius 3 is 3.10 bits per heavy atom. The Morgan fingerprint density at radius 1 is 1.50 bits per heavy atom. The lowest BCUT2D eigenvalue weighted by Gasteiger charge is -2.35. The van der Waals surface area contributed by atoms with E-state index >= 15 is 0 Å². The van der Waals surface area contributed by atoms with Gasteiger partial charge in [-0.3, -0.25) is 4.90 Å². The summed E-state index contributed by atoms with van der Waals surface area (Å²) in [4.78, 5) is 2.37. The lowest BCUT2D eigenvalue weighted by Crippen LogP contribution is -2.50. The van der Waals surface area contributed by atoms with Gasteiger partial charge in [0.1, 0.15) is 0 Å². The van der Waals surface area contributed by atoms with Crippen LogP contribution in [0.4, 0.5) is 5.13 Å². The van der Waals surface area contributed by atoms with Crippen molar-refractivity contribution in [2.45, 2.75) is 29.3 Å². The highest BCUT2D eigenvalue weighted by Gasteiger charge is 2.33. The summed E-state index contributed by atoms with van der Waals surface area (Å²) in [5.41, 5.74) is 5.39. The predicted octanol–water partition coefficient (Wildman–Crippen LogP) is -0.738. The molecule has 3 heterocycles. The summed E-state index contributed by atoms with van der Waals surface area (Å²) in [7, 11) is -3.64. The molecule has 2 atom stereocenters. The number of rotatable bonds is 4. The first-order chi connectivity index (χ1) is 9.54. The topological polar surface area (TPSA) is 110 Å². The van der Waals surface area contributed by atoms with Crippen LogP contribution in [0.15, 0.2) is 4.34 Å². The number of hydrogen-bond donors (Lipinski definition) is 2. The molecule has 0 aliphatic carbocycles. The molecule has 0 saturated carbocycles. The van der Waals surface area contributed by atoms with E-state index in [1.54, 1.807) is 0 Å². The molecule has 1 aromatic rings. The molecular weight excluding hydrogens is 302 g/mol. The van der Waals surface area contributed by atoms with Crippen molar-refractivity contribution in [3.05, 3.63) is 0 Å². The zero-order valence-corrected chi connectivity index (χ0v) is 12.5. The van der Waals surface area contributed by atoms with Crippen LogP contribution in [-0.4, -0.2) is 61.9 Å². The molecule has 2 aliphatic heterocycles. The molecule has 8 nitrogen and oxygen atoms in total. The quantitative estimate of drug-likeness (QED) is 0.752. The van der Waals surface area contributed by atoms with E-state index in [1.165, 1.54) is 12.8 Å². The van der Waals surface area contributed by atoms with Crippen molar-refractivity contribution >= 4 is 26.5 Å². The standard InChI is InChI=1S/C10H17N5O3S2/c11-9-13-14-10(19-9)20(16,17)12-4-8-5-15-3-1-2-7(15)6-18-8/h7-8,12H,1-6H2,(H2,11,13). The van der Waals surface area contributed by atoms with Gasteiger partial charge < -0.3 is 10.5 Å². The fourth-order valence-corrected chi connectivity index (χ4v) is 4.49. The van der Waals surface area contributed by atoms with Crippen molar-refractivity contribution in [1.82, 2.24) is 19.8 Å². The molecule has 112 valence electrons. The first-order valence-corrected chi connectivity index (χ1v) is 8.79. The van der Waals surface area contributed by atoms with E-state index < -0.39 is 10.0 Å². The summed E-state index contributed by atoms with van der Waals surface area (Å²) >= 11 is 0.851. The fourth-order valence-electron chi connectivity index (χ4n) is 2.60. The molecule has 0 bridgehead atoms. The van der Waals surface area contributed by atoms with Gasteiger partial charge in [0.05, 0.1) is 12.7 Å². The second-order valence-electron chi connectivity index (χ2n) is 5.00. The van der Waals surface area contributed by atoms with Crippen molar-refractivity contribution in [1.29, 1.82) is 0 Å². The molecule has 0 radical (unpaired) electrons. The number of anilines is 1. The lowest BCUT2D eigenvalue weighted by molar-refractivity contribution is -0.0449. The second kappa shape index (κ2) is 5.53. The van der Waals surface area contributed by atoms with E-state index in [9.17, 15) is 8.42 Å². The van der Waals surface area contributed by atoms with E-state index in [-0.39, 0.29) is 22.1 Å². The maximum absolute atomic E-state index is 12.0. The van der Waals surface area contributed by atoms with Crippen LogP contribution in [0.3, 0.4) is 0 Å². The van der Waals surface area contributed by atoms with Gasteiger partial charge in [-0.15, -0.1) is 10.2 Å². The van der Waals surface area contributed by atoms with Gasteiger partial charge >= 0.3 is 0 Å². The predicted molar refractivity (Wildman–Crippen MR) is 73.8 cm³/mol. The van der Waals surface area contributed by atoms with E-state index in [4.69, 9.17) is 10.5 Å². The summed E-state index contributed by atoms with van der Waals surface area (Å²) in [6, 6.07) is 0.505. The summed E-state index contributed by atoms with van der Waals surface area (Å²) in [6.07, 6.45) is 2.24. The van der Waals surface area contributed by atoms with Gasteiger partial charge in [0, 0.05) is 19.1 Å². The Hall–Kier alpha value is -0.810. The zero-order valence-electron chi connectivity index (χ0n) is 10.9. The number of ether oxygens (including phenoxy) is 1. The molecule has 2 saturated heterocycles. The molecule has 2 aliphatic rings. The first-order valence-electron chi connectivity index (χ1n) is 6.49. The molecule has 2 unspecified atom stereocenters. The number of sulfonamides is 1. The SMILES string of the molecule is Nc1nnc(S(=O)(=O)NCC2CN3CCCC3CO2)s1. The Bertz CT molecular complexity index is 575. The highest BCUT2D eigenvalue weighted by Crippen LogP contribution is 2.22. The van der Waals surface area contributed by atoms with Crippen molar-refractivity contribution in [3.63, 3.8) is 0 Å². The largest absolute Gasteiger partial charge is 0.374 e.